The molecule has 0 N–H and O–H groups in total. The number of rotatable bonds is 3. The van der Waals surface area contributed by atoms with Crippen LogP contribution in [0.25, 0.3) is 0 Å². The molecule has 3 nitrogen and oxygen atoms in total. The van der Waals surface area contributed by atoms with Crippen LogP contribution >= 0.6 is 11.6 Å². The van der Waals surface area contributed by atoms with Gasteiger partial charge in [-0.3, -0.25) is 0 Å². The molecule has 16 heavy (non-hydrogen) atoms. The molecular formula is C9H10ClF3N2O. The van der Waals surface area contributed by atoms with Crippen LogP contribution in [-0.2, 0) is 6.18 Å². The maximum absolute atomic E-state index is 12.3. The fourth-order valence-electron chi connectivity index (χ4n) is 0.850. The zero-order chi connectivity index (χ0) is 12.3. The first-order valence-corrected chi connectivity index (χ1v) is 4.91. The monoisotopic (exact) mass is 254 g/mol. The highest BCUT2D eigenvalue weighted by atomic mass is 35.5. The molecule has 1 aromatic heterocycles. The number of halogens is 4. The topological polar surface area (TPSA) is 35.0 Å². The molecule has 0 atom stereocenters. The van der Waals surface area contributed by atoms with E-state index in [4.69, 9.17) is 16.3 Å². The molecule has 0 spiro atoms. The van der Waals surface area contributed by atoms with Crippen LogP contribution in [0.1, 0.15) is 19.7 Å². The van der Waals surface area contributed by atoms with Crippen molar-refractivity contribution in [1.29, 1.82) is 0 Å². The molecule has 1 heterocycles. The van der Waals surface area contributed by atoms with E-state index in [1.165, 1.54) is 0 Å². The number of ether oxygens (including phenoxy) is 1. The van der Waals surface area contributed by atoms with Crippen molar-refractivity contribution in [2.75, 3.05) is 6.61 Å². The molecule has 1 rings (SSSR count). The Morgan fingerprint density at radius 1 is 1.38 bits per heavy atom. The van der Waals surface area contributed by atoms with Crippen LogP contribution in [0.2, 0.25) is 5.15 Å². The maximum Gasteiger partial charge on any atom is 0.451 e. The lowest BCUT2D eigenvalue weighted by molar-refractivity contribution is -0.145. The maximum atomic E-state index is 12.3. The molecule has 0 aliphatic carbocycles. The van der Waals surface area contributed by atoms with Gasteiger partial charge in [-0.2, -0.15) is 18.2 Å². The van der Waals surface area contributed by atoms with Gasteiger partial charge in [-0.05, 0) is 5.92 Å². The van der Waals surface area contributed by atoms with Crippen LogP contribution in [0.4, 0.5) is 13.2 Å². The molecule has 0 aliphatic heterocycles. The molecule has 1 aromatic rings. The van der Waals surface area contributed by atoms with E-state index in [0.29, 0.717) is 0 Å². The number of alkyl halides is 3. The second-order valence-corrected chi connectivity index (χ2v) is 3.94. The summed E-state index contributed by atoms with van der Waals surface area (Å²) < 4.78 is 42.0. The Morgan fingerprint density at radius 3 is 2.50 bits per heavy atom. The van der Waals surface area contributed by atoms with Gasteiger partial charge in [0.25, 0.3) is 0 Å². The number of aromatic nitrogens is 2. The first-order valence-electron chi connectivity index (χ1n) is 4.53. The van der Waals surface area contributed by atoms with Crippen molar-refractivity contribution in [3.63, 3.8) is 0 Å². The standard InChI is InChI=1S/C9H10ClF3N2O/c1-5(2)4-16-7-3-6(10)14-8(15-7)9(11,12)13/h3,5H,4H2,1-2H3. The van der Waals surface area contributed by atoms with Gasteiger partial charge in [-0.15, -0.1) is 0 Å². The van der Waals surface area contributed by atoms with Gasteiger partial charge in [0.05, 0.1) is 6.61 Å². The summed E-state index contributed by atoms with van der Waals surface area (Å²) in [4.78, 5) is 6.32. The Morgan fingerprint density at radius 2 is 2.00 bits per heavy atom. The molecule has 7 heteroatoms. The van der Waals surface area contributed by atoms with Gasteiger partial charge in [0.2, 0.25) is 11.7 Å². The molecule has 0 fully saturated rings. The van der Waals surface area contributed by atoms with Crippen molar-refractivity contribution >= 4 is 11.6 Å². The Bertz CT molecular complexity index is 368. The minimum absolute atomic E-state index is 0.166. The summed E-state index contributed by atoms with van der Waals surface area (Å²) in [5.41, 5.74) is 0. The number of nitrogens with zero attached hydrogens (tertiary/aromatic N) is 2. The minimum atomic E-state index is -4.62. The van der Waals surface area contributed by atoms with Crippen LogP contribution in [-0.4, -0.2) is 16.6 Å². The summed E-state index contributed by atoms with van der Waals surface area (Å²) >= 11 is 5.44. The summed E-state index contributed by atoms with van der Waals surface area (Å²) in [6, 6.07) is 1.15. The zero-order valence-corrected chi connectivity index (χ0v) is 9.43. The molecule has 0 aromatic carbocycles. The van der Waals surface area contributed by atoms with E-state index in [1.807, 2.05) is 13.8 Å². The van der Waals surface area contributed by atoms with E-state index in [9.17, 15) is 13.2 Å². The predicted octanol–water partition coefficient (Wildman–Crippen LogP) is 3.18. The van der Waals surface area contributed by atoms with E-state index in [-0.39, 0.29) is 23.6 Å². The molecule has 0 amide bonds. The van der Waals surface area contributed by atoms with E-state index in [0.717, 1.165) is 6.07 Å². The quantitative estimate of drug-likeness (QED) is 0.777. The van der Waals surface area contributed by atoms with Gasteiger partial charge in [0, 0.05) is 6.07 Å². The van der Waals surface area contributed by atoms with Gasteiger partial charge in [-0.25, -0.2) is 4.98 Å². The second kappa shape index (κ2) is 4.86. The average Bonchev–Trinajstić information content (AvgIpc) is 2.12. The van der Waals surface area contributed by atoms with E-state index in [2.05, 4.69) is 9.97 Å². The highest BCUT2D eigenvalue weighted by molar-refractivity contribution is 6.29. The SMILES string of the molecule is CC(C)COc1cc(Cl)nc(C(F)(F)F)n1. The van der Waals surface area contributed by atoms with E-state index in [1.54, 1.807) is 0 Å². The molecule has 0 aliphatic rings. The average molecular weight is 255 g/mol. The molecule has 0 radical (unpaired) electrons. The molecular weight excluding hydrogens is 245 g/mol. The summed E-state index contributed by atoms with van der Waals surface area (Å²) in [7, 11) is 0. The van der Waals surface area contributed by atoms with Gasteiger partial charge in [-0.1, -0.05) is 25.4 Å². The van der Waals surface area contributed by atoms with Crippen LogP contribution in [0.5, 0.6) is 5.88 Å². The van der Waals surface area contributed by atoms with Gasteiger partial charge < -0.3 is 4.74 Å². The summed E-state index contributed by atoms with van der Waals surface area (Å²) in [5, 5.41) is -0.291. The fourth-order valence-corrected chi connectivity index (χ4v) is 1.02. The molecule has 90 valence electrons. The van der Waals surface area contributed by atoms with Crippen molar-refractivity contribution in [3.05, 3.63) is 17.0 Å². The van der Waals surface area contributed by atoms with Crippen molar-refractivity contribution in [1.82, 2.24) is 9.97 Å². The molecule has 0 saturated carbocycles. The first kappa shape index (κ1) is 13.0. The normalized spacial score (nSPS) is 11.9. The summed E-state index contributed by atoms with van der Waals surface area (Å²) in [5.74, 6) is -1.28. The van der Waals surface area contributed by atoms with E-state index < -0.39 is 12.0 Å². The molecule has 0 bridgehead atoms. The number of hydrogen-bond acceptors (Lipinski definition) is 3. The Hall–Kier alpha value is -1.04. The van der Waals surface area contributed by atoms with Gasteiger partial charge in [0.1, 0.15) is 5.15 Å². The fraction of sp³-hybridized carbons (Fsp3) is 0.556. The third-order valence-electron chi connectivity index (χ3n) is 1.49. The van der Waals surface area contributed by atoms with E-state index >= 15 is 0 Å². The van der Waals surface area contributed by atoms with Gasteiger partial charge in [0.15, 0.2) is 0 Å². The van der Waals surface area contributed by atoms with Crippen molar-refractivity contribution < 1.29 is 17.9 Å². The summed E-state index contributed by atoms with van der Waals surface area (Å²) in [6.45, 7) is 4.01. The highest BCUT2D eigenvalue weighted by Crippen LogP contribution is 2.28. The van der Waals surface area contributed by atoms with Crippen molar-refractivity contribution in [2.45, 2.75) is 20.0 Å². The van der Waals surface area contributed by atoms with Gasteiger partial charge >= 0.3 is 6.18 Å². The number of hydrogen-bond donors (Lipinski definition) is 0. The lowest BCUT2D eigenvalue weighted by Crippen LogP contribution is -2.13. The van der Waals surface area contributed by atoms with Crippen LogP contribution in [0.15, 0.2) is 6.07 Å². The minimum Gasteiger partial charge on any atom is -0.477 e. The van der Waals surface area contributed by atoms with Crippen molar-refractivity contribution in [3.8, 4) is 5.88 Å². The third kappa shape index (κ3) is 3.84. The third-order valence-corrected chi connectivity index (χ3v) is 1.68. The molecule has 0 unspecified atom stereocenters. The molecule has 0 saturated heterocycles. The smallest absolute Gasteiger partial charge is 0.451 e. The second-order valence-electron chi connectivity index (χ2n) is 3.56. The predicted molar refractivity (Wildman–Crippen MR) is 52.4 cm³/mol. The van der Waals surface area contributed by atoms with Crippen LogP contribution in [0.3, 0.4) is 0 Å². The zero-order valence-electron chi connectivity index (χ0n) is 8.68. The largest absolute Gasteiger partial charge is 0.477 e. The van der Waals surface area contributed by atoms with Crippen LogP contribution < -0.4 is 4.74 Å². The first-order chi connectivity index (χ1) is 7.29. The lowest BCUT2D eigenvalue weighted by atomic mass is 10.2. The Balaban J connectivity index is 2.90. The van der Waals surface area contributed by atoms with Crippen LogP contribution in [0, 0.1) is 5.92 Å². The summed E-state index contributed by atoms with van der Waals surface area (Å²) in [6.07, 6.45) is -4.62. The van der Waals surface area contributed by atoms with Crippen molar-refractivity contribution in [2.24, 2.45) is 5.92 Å². The highest BCUT2D eigenvalue weighted by Gasteiger charge is 2.35. The Kier molecular flexibility index (Phi) is 3.96. The Labute approximate surface area is 95.6 Å². The lowest BCUT2D eigenvalue weighted by Gasteiger charge is -2.10.